The number of para-hydroxylation sites is 1. The number of hydrogen-bond donors (Lipinski definition) is 1. The van der Waals surface area contributed by atoms with Crippen LogP contribution in [0.3, 0.4) is 0 Å². The Morgan fingerprint density at radius 2 is 1.73 bits per heavy atom. The second kappa shape index (κ2) is 8.24. The number of aromatic amines is 1. The molecule has 0 aliphatic carbocycles. The fraction of sp³-hybridized carbons (Fsp3) is 0.227. The van der Waals surface area contributed by atoms with Gasteiger partial charge in [-0.25, -0.2) is 0 Å². The lowest BCUT2D eigenvalue weighted by atomic mass is 9.97. The van der Waals surface area contributed by atoms with Crippen molar-refractivity contribution in [3.8, 4) is 0 Å². The Morgan fingerprint density at radius 3 is 2.27 bits per heavy atom. The first-order chi connectivity index (χ1) is 12.2. The molecule has 0 saturated heterocycles. The van der Waals surface area contributed by atoms with Gasteiger partial charge in [-0.15, -0.1) is 0 Å². The number of aromatic nitrogens is 1. The molecular formula is C22H24ClNO2. The number of nitrogens with one attached hydrogen (secondary N) is 1. The van der Waals surface area contributed by atoms with E-state index in [0.29, 0.717) is 6.47 Å². The number of rotatable bonds is 3. The van der Waals surface area contributed by atoms with Crippen LogP contribution >= 0.6 is 11.6 Å². The summed E-state index contributed by atoms with van der Waals surface area (Å²) < 4.78 is 4.55. The highest BCUT2D eigenvalue weighted by atomic mass is 35.5. The van der Waals surface area contributed by atoms with Crippen molar-refractivity contribution < 1.29 is 9.53 Å². The minimum atomic E-state index is -0.318. The van der Waals surface area contributed by atoms with Crippen molar-refractivity contribution in [1.29, 1.82) is 0 Å². The summed E-state index contributed by atoms with van der Waals surface area (Å²) in [6.45, 7) is 12.2. The lowest BCUT2D eigenvalue weighted by Gasteiger charge is -2.14. The van der Waals surface area contributed by atoms with Gasteiger partial charge < -0.3 is 9.72 Å². The average molecular weight is 370 g/mol. The summed E-state index contributed by atoms with van der Waals surface area (Å²) in [4.78, 5) is 13.0. The molecule has 0 unspecified atom stereocenters. The second-order valence-corrected chi connectivity index (χ2v) is 7.42. The Bertz CT molecular complexity index is 902. The van der Waals surface area contributed by atoms with Crippen LogP contribution in [0.5, 0.6) is 0 Å². The molecule has 0 fully saturated rings. The Morgan fingerprint density at radius 1 is 1.12 bits per heavy atom. The van der Waals surface area contributed by atoms with Gasteiger partial charge in [-0.1, -0.05) is 48.5 Å². The number of fused-ring (bicyclic) bond motifs is 1. The quantitative estimate of drug-likeness (QED) is 0.562. The van der Waals surface area contributed by atoms with E-state index in [0.717, 1.165) is 27.4 Å². The summed E-state index contributed by atoms with van der Waals surface area (Å²) in [6, 6.07) is 16.1. The van der Waals surface area contributed by atoms with Crippen LogP contribution in [0.25, 0.3) is 16.5 Å². The van der Waals surface area contributed by atoms with Gasteiger partial charge in [0.2, 0.25) is 0 Å². The third-order valence-corrected chi connectivity index (χ3v) is 4.04. The molecule has 0 radical (unpaired) electrons. The van der Waals surface area contributed by atoms with Gasteiger partial charge in [-0.05, 0) is 57.0 Å². The Labute approximate surface area is 159 Å². The minimum absolute atomic E-state index is 0.318. The Hall–Kier alpha value is -2.52. The van der Waals surface area contributed by atoms with Crippen LogP contribution in [-0.2, 0) is 9.53 Å². The summed E-state index contributed by atoms with van der Waals surface area (Å²) in [5.41, 5.74) is 5.26. The highest BCUT2D eigenvalue weighted by Gasteiger charge is 2.12. The number of H-pyrrole nitrogens is 1. The van der Waals surface area contributed by atoms with Crippen molar-refractivity contribution in [3.63, 3.8) is 0 Å². The number of carbonyl (C=O) groups is 1. The molecule has 0 saturated carbocycles. The number of carbonyl (C=O) groups excluding carboxylic acids is 1. The monoisotopic (exact) mass is 369 g/mol. The van der Waals surface area contributed by atoms with Crippen LogP contribution in [0.4, 0.5) is 0 Å². The number of aryl methyl sites for hydroxylation is 1. The zero-order valence-corrected chi connectivity index (χ0v) is 16.4. The predicted molar refractivity (Wildman–Crippen MR) is 110 cm³/mol. The van der Waals surface area contributed by atoms with E-state index >= 15 is 0 Å². The lowest BCUT2D eigenvalue weighted by molar-refractivity contribution is -0.138. The van der Waals surface area contributed by atoms with Crippen molar-refractivity contribution in [2.24, 2.45) is 0 Å². The van der Waals surface area contributed by atoms with Crippen molar-refractivity contribution in [2.75, 3.05) is 0 Å². The van der Waals surface area contributed by atoms with E-state index in [1.165, 1.54) is 10.9 Å². The van der Waals surface area contributed by atoms with Crippen LogP contribution in [-0.4, -0.2) is 17.1 Å². The average Bonchev–Trinajstić information content (AvgIpc) is 2.90. The van der Waals surface area contributed by atoms with E-state index in [1.54, 1.807) is 0 Å². The third kappa shape index (κ3) is 4.99. The van der Waals surface area contributed by atoms with E-state index < -0.39 is 0 Å². The van der Waals surface area contributed by atoms with Crippen LogP contribution in [0.15, 0.2) is 55.1 Å². The summed E-state index contributed by atoms with van der Waals surface area (Å²) in [6.07, 6.45) is 0. The SMILES string of the molecule is C=C(c1ccc(Cl)cc1)c1c(C)[nH]c2ccccc12.CC(C)(C)OC=O. The molecule has 0 aliphatic heterocycles. The van der Waals surface area contributed by atoms with Gasteiger partial charge in [0, 0.05) is 27.2 Å². The molecule has 0 atom stereocenters. The fourth-order valence-corrected chi connectivity index (χ4v) is 2.73. The standard InChI is InChI=1S/C17H14ClN.C5H10O2/c1-11(13-7-9-14(18)10-8-13)17-12(2)19-16-6-4-3-5-15(16)17;1-5(2,3)7-4-6/h3-10,19H,1H2,2H3;4H,1-3H3. The maximum atomic E-state index is 9.60. The molecule has 0 bridgehead atoms. The van der Waals surface area contributed by atoms with Gasteiger partial charge >= 0.3 is 0 Å². The topological polar surface area (TPSA) is 42.1 Å². The molecule has 0 amide bonds. The molecule has 0 spiro atoms. The molecular weight excluding hydrogens is 346 g/mol. The fourth-order valence-electron chi connectivity index (χ4n) is 2.61. The molecule has 3 nitrogen and oxygen atoms in total. The first-order valence-corrected chi connectivity index (χ1v) is 8.74. The smallest absolute Gasteiger partial charge is 0.293 e. The normalized spacial score (nSPS) is 10.8. The first kappa shape index (κ1) is 19.8. The second-order valence-electron chi connectivity index (χ2n) is 6.98. The summed E-state index contributed by atoms with van der Waals surface area (Å²) in [7, 11) is 0. The van der Waals surface area contributed by atoms with E-state index in [1.807, 2.05) is 57.2 Å². The van der Waals surface area contributed by atoms with Crippen molar-refractivity contribution in [1.82, 2.24) is 4.98 Å². The lowest BCUT2D eigenvalue weighted by Crippen LogP contribution is -2.17. The molecule has 3 rings (SSSR count). The molecule has 2 aromatic carbocycles. The highest BCUT2D eigenvalue weighted by Crippen LogP contribution is 2.31. The van der Waals surface area contributed by atoms with Gasteiger partial charge in [0.15, 0.2) is 0 Å². The summed E-state index contributed by atoms with van der Waals surface area (Å²) in [5, 5.41) is 1.95. The largest absolute Gasteiger partial charge is 0.462 e. The van der Waals surface area contributed by atoms with E-state index in [-0.39, 0.29) is 5.60 Å². The zero-order valence-electron chi connectivity index (χ0n) is 15.6. The summed E-state index contributed by atoms with van der Waals surface area (Å²) in [5.74, 6) is 0. The molecule has 4 heteroatoms. The van der Waals surface area contributed by atoms with Gasteiger partial charge in [-0.2, -0.15) is 0 Å². The first-order valence-electron chi connectivity index (χ1n) is 8.37. The molecule has 136 valence electrons. The van der Waals surface area contributed by atoms with Crippen LogP contribution in [0, 0.1) is 6.92 Å². The Balaban J connectivity index is 0.000000298. The highest BCUT2D eigenvalue weighted by molar-refractivity contribution is 6.30. The van der Waals surface area contributed by atoms with E-state index in [4.69, 9.17) is 11.6 Å². The van der Waals surface area contributed by atoms with Crippen molar-refractivity contribution >= 4 is 34.5 Å². The summed E-state index contributed by atoms with van der Waals surface area (Å²) >= 11 is 5.93. The van der Waals surface area contributed by atoms with Crippen LogP contribution < -0.4 is 0 Å². The van der Waals surface area contributed by atoms with Gasteiger partial charge in [-0.3, -0.25) is 4.79 Å². The molecule has 3 aromatic rings. The Kier molecular flexibility index (Phi) is 6.27. The molecule has 0 aliphatic rings. The number of hydrogen-bond acceptors (Lipinski definition) is 2. The number of halogens is 1. The van der Waals surface area contributed by atoms with E-state index in [9.17, 15) is 4.79 Å². The van der Waals surface area contributed by atoms with Crippen molar-refractivity contribution in [3.05, 3.63) is 77.0 Å². The van der Waals surface area contributed by atoms with Gasteiger partial charge in [0.25, 0.3) is 6.47 Å². The minimum Gasteiger partial charge on any atom is -0.462 e. The molecule has 1 heterocycles. The van der Waals surface area contributed by atoms with Gasteiger partial charge in [0.05, 0.1) is 0 Å². The molecule has 1 aromatic heterocycles. The number of ether oxygens (including phenoxy) is 1. The zero-order chi connectivity index (χ0) is 19.3. The third-order valence-electron chi connectivity index (χ3n) is 3.79. The molecule has 1 N–H and O–H groups in total. The van der Waals surface area contributed by atoms with Gasteiger partial charge in [0.1, 0.15) is 5.60 Å². The van der Waals surface area contributed by atoms with Crippen molar-refractivity contribution in [2.45, 2.75) is 33.3 Å². The predicted octanol–water partition coefficient (Wildman–Crippen LogP) is 6.15. The maximum Gasteiger partial charge on any atom is 0.293 e. The van der Waals surface area contributed by atoms with E-state index in [2.05, 4.69) is 35.4 Å². The maximum absolute atomic E-state index is 9.60. The van der Waals surface area contributed by atoms with Crippen LogP contribution in [0.1, 0.15) is 37.6 Å². The molecule has 26 heavy (non-hydrogen) atoms. The van der Waals surface area contributed by atoms with Crippen LogP contribution in [0.2, 0.25) is 5.02 Å². The number of benzene rings is 2.